The van der Waals surface area contributed by atoms with E-state index in [9.17, 15) is 18.4 Å². The zero-order valence-corrected chi connectivity index (χ0v) is 10.1. The van der Waals surface area contributed by atoms with E-state index in [1.54, 1.807) is 6.92 Å². The van der Waals surface area contributed by atoms with E-state index in [1.165, 1.54) is 0 Å². The minimum absolute atomic E-state index is 0.136. The van der Waals surface area contributed by atoms with Crippen LogP contribution in [0.15, 0.2) is 18.2 Å². The summed E-state index contributed by atoms with van der Waals surface area (Å²) in [6.07, 6.45) is 0.676. The largest absolute Gasteiger partial charge is 0.335 e. The molecule has 0 saturated heterocycles. The second-order valence-corrected chi connectivity index (χ2v) is 3.83. The maximum Gasteiger partial charge on any atom is 0.321 e. The van der Waals surface area contributed by atoms with Crippen molar-refractivity contribution in [1.82, 2.24) is 10.6 Å². The lowest BCUT2D eigenvalue weighted by Crippen LogP contribution is -2.43. The number of hydrogen-bond acceptors (Lipinski definition) is 2. The summed E-state index contributed by atoms with van der Waals surface area (Å²) in [7, 11) is 0. The lowest BCUT2D eigenvalue weighted by Gasteiger charge is -2.12. The summed E-state index contributed by atoms with van der Waals surface area (Å²) >= 11 is 0. The molecule has 0 unspecified atom stereocenters. The molecule has 1 aromatic carbocycles. The number of carbonyl (C=O) groups is 2. The van der Waals surface area contributed by atoms with E-state index in [0.717, 1.165) is 18.2 Å². The molecule has 0 saturated carbocycles. The second-order valence-electron chi connectivity index (χ2n) is 3.83. The van der Waals surface area contributed by atoms with Crippen LogP contribution < -0.4 is 10.6 Å². The van der Waals surface area contributed by atoms with Crippen LogP contribution in [0.4, 0.5) is 13.6 Å². The van der Waals surface area contributed by atoms with Gasteiger partial charge in [-0.25, -0.2) is 13.6 Å². The van der Waals surface area contributed by atoms with Crippen molar-refractivity contribution in [2.24, 2.45) is 0 Å². The number of halogens is 2. The zero-order chi connectivity index (χ0) is 13.7. The van der Waals surface area contributed by atoms with Crippen LogP contribution in [0.3, 0.4) is 0 Å². The van der Waals surface area contributed by atoms with Gasteiger partial charge in [-0.2, -0.15) is 0 Å². The van der Waals surface area contributed by atoms with Crippen molar-refractivity contribution in [3.05, 3.63) is 35.4 Å². The quantitative estimate of drug-likeness (QED) is 0.871. The van der Waals surface area contributed by atoms with E-state index in [1.807, 2.05) is 12.2 Å². The van der Waals surface area contributed by atoms with Gasteiger partial charge in [0.2, 0.25) is 0 Å². The summed E-state index contributed by atoms with van der Waals surface area (Å²) in [5.41, 5.74) is -0.767. The lowest BCUT2D eigenvalue weighted by atomic mass is 10.2. The highest BCUT2D eigenvalue weighted by molar-refractivity contribution is 6.04. The highest BCUT2D eigenvalue weighted by Gasteiger charge is 2.19. The third-order valence-electron chi connectivity index (χ3n) is 2.41. The summed E-state index contributed by atoms with van der Waals surface area (Å²) in [4.78, 5) is 22.8. The van der Waals surface area contributed by atoms with Crippen molar-refractivity contribution < 1.29 is 18.4 Å². The van der Waals surface area contributed by atoms with E-state index in [0.29, 0.717) is 6.42 Å². The minimum Gasteiger partial charge on any atom is -0.335 e. The zero-order valence-electron chi connectivity index (χ0n) is 10.1. The van der Waals surface area contributed by atoms with E-state index in [4.69, 9.17) is 0 Å². The fraction of sp³-hybridized carbons (Fsp3) is 0.333. The van der Waals surface area contributed by atoms with Crippen molar-refractivity contribution in [1.29, 1.82) is 0 Å². The van der Waals surface area contributed by atoms with Gasteiger partial charge in [-0.1, -0.05) is 13.0 Å². The Labute approximate surface area is 103 Å². The number of hydrogen-bond donors (Lipinski definition) is 2. The Morgan fingerprint density at radius 3 is 2.33 bits per heavy atom. The molecule has 0 aromatic heterocycles. The van der Waals surface area contributed by atoms with Crippen molar-refractivity contribution >= 4 is 11.9 Å². The van der Waals surface area contributed by atoms with E-state index in [2.05, 4.69) is 5.32 Å². The topological polar surface area (TPSA) is 58.2 Å². The van der Waals surface area contributed by atoms with Gasteiger partial charge < -0.3 is 5.32 Å². The van der Waals surface area contributed by atoms with Gasteiger partial charge in [0.15, 0.2) is 0 Å². The molecule has 18 heavy (non-hydrogen) atoms. The van der Waals surface area contributed by atoms with Gasteiger partial charge in [-0.05, 0) is 25.5 Å². The first-order valence-electron chi connectivity index (χ1n) is 5.51. The average Bonchev–Trinajstić information content (AvgIpc) is 2.28. The fourth-order valence-corrected chi connectivity index (χ4v) is 1.24. The maximum atomic E-state index is 13.2. The summed E-state index contributed by atoms with van der Waals surface area (Å²) in [6.45, 7) is 3.59. The number of carbonyl (C=O) groups excluding carboxylic acids is 2. The minimum atomic E-state index is -1.11. The van der Waals surface area contributed by atoms with Crippen LogP contribution in [-0.2, 0) is 0 Å². The van der Waals surface area contributed by atoms with Gasteiger partial charge >= 0.3 is 6.03 Å². The van der Waals surface area contributed by atoms with Crippen molar-refractivity contribution in [2.45, 2.75) is 26.3 Å². The Morgan fingerprint density at radius 2 is 1.83 bits per heavy atom. The molecule has 0 radical (unpaired) electrons. The van der Waals surface area contributed by atoms with Gasteiger partial charge in [-0.3, -0.25) is 10.1 Å². The number of imide groups is 1. The van der Waals surface area contributed by atoms with Crippen molar-refractivity contribution in [3.63, 3.8) is 0 Å². The van der Waals surface area contributed by atoms with Gasteiger partial charge in [0, 0.05) is 6.04 Å². The van der Waals surface area contributed by atoms with E-state index < -0.39 is 29.1 Å². The number of benzene rings is 1. The molecule has 2 N–H and O–H groups in total. The van der Waals surface area contributed by atoms with Crippen molar-refractivity contribution in [3.8, 4) is 0 Å². The molecule has 0 aliphatic heterocycles. The first-order valence-corrected chi connectivity index (χ1v) is 5.51. The molecular weight excluding hydrogens is 242 g/mol. The maximum absolute atomic E-state index is 13.2. The molecule has 98 valence electrons. The Morgan fingerprint density at radius 1 is 1.28 bits per heavy atom. The fourth-order valence-electron chi connectivity index (χ4n) is 1.24. The molecule has 3 amide bonds. The highest BCUT2D eigenvalue weighted by Crippen LogP contribution is 2.11. The Balaban J connectivity index is 2.74. The molecule has 4 nitrogen and oxygen atoms in total. The van der Waals surface area contributed by atoms with E-state index >= 15 is 0 Å². The summed E-state index contributed by atoms with van der Waals surface area (Å²) in [6, 6.07) is 2.12. The summed E-state index contributed by atoms with van der Waals surface area (Å²) in [5, 5.41) is 4.33. The second kappa shape index (κ2) is 6.09. The van der Waals surface area contributed by atoms with E-state index in [-0.39, 0.29) is 6.04 Å². The SMILES string of the molecule is CC[C@@H](C)NC(=O)NC(=O)c1c(F)cccc1F. The van der Waals surface area contributed by atoms with Crippen LogP contribution in [0, 0.1) is 11.6 Å². The van der Waals surface area contributed by atoms with Gasteiger partial charge in [0.05, 0.1) is 0 Å². The third-order valence-corrected chi connectivity index (χ3v) is 2.41. The summed E-state index contributed by atoms with van der Waals surface area (Å²) < 4.78 is 26.5. The summed E-state index contributed by atoms with van der Waals surface area (Å²) in [5.74, 6) is -3.13. The molecule has 0 fully saturated rings. The smallest absolute Gasteiger partial charge is 0.321 e. The van der Waals surface area contributed by atoms with Crippen LogP contribution in [0.25, 0.3) is 0 Å². The van der Waals surface area contributed by atoms with Crippen LogP contribution in [0.5, 0.6) is 0 Å². The molecule has 0 spiro atoms. The predicted molar refractivity (Wildman–Crippen MR) is 62.1 cm³/mol. The molecular formula is C12H14F2N2O2. The monoisotopic (exact) mass is 256 g/mol. The molecule has 1 rings (SSSR count). The average molecular weight is 256 g/mol. The van der Waals surface area contributed by atoms with Gasteiger partial charge in [-0.15, -0.1) is 0 Å². The predicted octanol–water partition coefficient (Wildman–Crippen LogP) is 2.20. The molecule has 0 bridgehead atoms. The van der Waals surface area contributed by atoms with Crippen LogP contribution in [0.2, 0.25) is 0 Å². The lowest BCUT2D eigenvalue weighted by molar-refractivity contribution is 0.0955. The first-order chi connectivity index (χ1) is 8.45. The molecule has 0 aliphatic carbocycles. The molecule has 1 atom stereocenters. The van der Waals surface area contributed by atoms with Gasteiger partial charge in [0.25, 0.3) is 5.91 Å². The highest BCUT2D eigenvalue weighted by atomic mass is 19.1. The molecule has 0 aliphatic rings. The standard InChI is InChI=1S/C12H14F2N2O2/c1-3-7(2)15-12(18)16-11(17)10-8(13)5-4-6-9(10)14/h4-7H,3H2,1-2H3,(H2,15,16,17,18)/t7-/m1/s1. The molecule has 6 heteroatoms. The Hall–Kier alpha value is -1.98. The van der Waals surface area contributed by atoms with Crippen LogP contribution >= 0.6 is 0 Å². The normalized spacial score (nSPS) is 11.8. The first kappa shape index (κ1) is 14.1. The van der Waals surface area contributed by atoms with Gasteiger partial charge in [0.1, 0.15) is 17.2 Å². The van der Waals surface area contributed by atoms with Crippen LogP contribution in [0.1, 0.15) is 30.6 Å². The number of nitrogens with one attached hydrogen (secondary N) is 2. The van der Waals surface area contributed by atoms with Crippen molar-refractivity contribution in [2.75, 3.05) is 0 Å². The Bertz CT molecular complexity index is 443. The number of rotatable bonds is 3. The molecule has 0 heterocycles. The molecule has 1 aromatic rings. The number of urea groups is 1. The number of amides is 3. The van der Waals surface area contributed by atoms with Crippen LogP contribution in [-0.4, -0.2) is 18.0 Å². The Kier molecular flexibility index (Phi) is 4.76. The third kappa shape index (κ3) is 3.51.